The molecule has 0 spiro atoms. The molecule has 2 rings (SSSR count). The Labute approximate surface area is 111 Å². The lowest BCUT2D eigenvalue weighted by atomic mass is 10.2. The third kappa shape index (κ3) is 3.07. The Balaban J connectivity index is 2.33. The SMILES string of the molecule is CN(Cc1ccoc1)c1cc(S(N)(=O)=O)ccc1N. The van der Waals surface area contributed by atoms with Crippen LogP contribution in [0, 0.1) is 0 Å². The quantitative estimate of drug-likeness (QED) is 0.818. The van der Waals surface area contributed by atoms with Crippen LogP contribution >= 0.6 is 0 Å². The monoisotopic (exact) mass is 281 g/mol. The average Bonchev–Trinajstić information content (AvgIpc) is 2.80. The molecule has 1 heterocycles. The maximum Gasteiger partial charge on any atom is 0.238 e. The van der Waals surface area contributed by atoms with Gasteiger partial charge < -0.3 is 15.1 Å². The minimum absolute atomic E-state index is 0.0377. The van der Waals surface area contributed by atoms with Crippen LogP contribution in [0.15, 0.2) is 46.1 Å². The van der Waals surface area contributed by atoms with Crippen molar-refractivity contribution in [2.24, 2.45) is 5.14 Å². The maximum absolute atomic E-state index is 11.3. The Morgan fingerprint density at radius 2 is 2.05 bits per heavy atom. The number of nitrogens with two attached hydrogens (primary N) is 2. The van der Waals surface area contributed by atoms with Crippen molar-refractivity contribution in [3.63, 3.8) is 0 Å². The number of primary sulfonamides is 1. The predicted molar refractivity (Wildman–Crippen MR) is 73.0 cm³/mol. The molecular formula is C12H15N3O3S. The van der Waals surface area contributed by atoms with E-state index < -0.39 is 10.0 Å². The first-order chi connectivity index (χ1) is 8.88. The second kappa shape index (κ2) is 4.94. The standard InChI is InChI=1S/C12H15N3O3S/c1-15(7-9-4-5-18-8-9)12-6-10(19(14,16)17)2-3-11(12)13/h2-6,8H,7,13H2,1H3,(H2,14,16,17). The van der Waals surface area contributed by atoms with E-state index in [1.807, 2.05) is 18.0 Å². The summed E-state index contributed by atoms with van der Waals surface area (Å²) in [7, 11) is -1.93. The first kappa shape index (κ1) is 13.4. The molecule has 0 radical (unpaired) electrons. The minimum atomic E-state index is -3.74. The molecule has 0 unspecified atom stereocenters. The van der Waals surface area contributed by atoms with Crippen LogP contribution in [0.1, 0.15) is 5.56 Å². The molecule has 19 heavy (non-hydrogen) atoms. The van der Waals surface area contributed by atoms with Crippen LogP contribution in [0.5, 0.6) is 0 Å². The van der Waals surface area contributed by atoms with Crippen LogP contribution < -0.4 is 15.8 Å². The van der Waals surface area contributed by atoms with E-state index in [1.54, 1.807) is 12.5 Å². The van der Waals surface area contributed by atoms with E-state index in [0.717, 1.165) is 5.56 Å². The summed E-state index contributed by atoms with van der Waals surface area (Å²) in [6, 6.07) is 6.21. The number of benzene rings is 1. The Morgan fingerprint density at radius 1 is 1.32 bits per heavy atom. The summed E-state index contributed by atoms with van der Waals surface area (Å²) in [6.07, 6.45) is 3.20. The molecule has 0 amide bonds. The van der Waals surface area contributed by atoms with E-state index in [2.05, 4.69) is 0 Å². The molecule has 0 aliphatic heterocycles. The van der Waals surface area contributed by atoms with Crippen LogP contribution in [-0.2, 0) is 16.6 Å². The molecule has 102 valence electrons. The molecule has 6 nitrogen and oxygen atoms in total. The summed E-state index contributed by atoms with van der Waals surface area (Å²) in [5.74, 6) is 0. The zero-order valence-electron chi connectivity index (χ0n) is 10.4. The van der Waals surface area contributed by atoms with Crippen molar-refractivity contribution in [1.29, 1.82) is 0 Å². The van der Waals surface area contributed by atoms with Gasteiger partial charge in [0.25, 0.3) is 0 Å². The Kier molecular flexibility index (Phi) is 3.50. The van der Waals surface area contributed by atoms with Crippen LogP contribution in [0.2, 0.25) is 0 Å². The second-order valence-corrected chi connectivity index (χ2v) is 5.81. The maximum atomic E-state index is 11.3. The van der Waals surface area contributed by atoms with E-state index in [-0.39, 0.29) is 4.90 Å². The molecule has 1 aromatic carbocycles. The molecule has 0 saturated heterocycles. The van der Waals surface area contributed by atoms with Crippen molar-refractivity contribution in [2.45, 2.75) is 11.4 Å². The lowest BCUT2D eigenvalue weighted by Gasteiger charge is -2.21. The van der Waals surface area contributed by atoms with Gasteiger partial charge in [-0.1, -0.05) is 0 Å². The van der Waals surface area contributed by atoms with E-state index >= 15 is 0 Å². The van der Waals surface area contributed by atoms with Gasteiger partial charge >= 0.3 is 0 Å². The highest BCUT2D eigenvalue weighted by atomic mass is 32.2. The highest BCUT2D eigenvalue weighted by Crippen LogP contribution is 2.26. The van der Waals surface area contributed by atoms with Crippen LogP contribution in [0.25, 0.3) is 0 Å². The van der Waals surface area contributed by atoms with Crippen molar-refractivity contribution in [1.82, 2.24) is 0 Å². The minimum Gasteiger partial charge on any atom is -0.472 e. The average molecular weight is 281 g/mol. The zero-order valence-corrected chi connectivity index (χ0v) is 11.2. The first-order valence-electron chi connectivity index (χ1n) is 5.52. The summed E-state index contributed by atoms with van der Waals surface area (Å²) in [5.41, 5.74) is 7.91. The van der Waals surface area contributed by atoms with Crippen LogP contribution in [0.3, 0.4) is 0 Å². The fourth-order valence-electron chi connectivity index (χ4n) is 1.77. The predicted octanol–water partition coefficient (Wildman–Crippen LogP) is 1.15. The molecule has 1 aromatic heterocycles. The van der Waals surface area contributed by atoms with Crippen LogP contribution in [0.4, 0.5) is 11.4 Å². The number of sulfonamides is 1. The Morgan fingerprint density at radius 3 is 2.63 bits per heavy atom. The molecule has 0 bridgehead atoms. The third-order valence-corrected chi connectivity index (χ3v) is 3.65. The molecule has 4 N–H and O–H groups in total. The zero-order chi connectivity index (χ0) is 14.0. The van der Waals surface area contributed by atoms with Gasteiger partial charge in [-0.15, -0.1) is 0 Å². The van der Waals surface area contributed by atoms with Crippen molar-refractivity contribution in [2.75, 3.05) is 17.7 Å². The highest BCUT2D eigenvalue weighted by Gasteiger charge is 2.13. The van der Waals surface area contributed by atoms with E-state index in [9.17, 15) is 8.42 Å². The van der Waals surface area contributed by atoms with Gasteiger partial charge in [0, 0.05) is 19.2 Å². The summed E-state index contributed by atoms with van der Waals surface area (Å²) in [4.78, 5) is 1.87. The van der Waals surface area contributed by atoms with Crippen molar-refractivity contribution in [3.8, 4) is 0 Å². The van der Waals surface area contributed by atoms with E-state index in [0.29, 0.717) is 17.9 Å². The molecule has 0 aliphatic rings. The van der Waals surface area contributed by atoms with Gasteiger partial charge in [0.1, 0.15) is 0 Å². The van der Waals surface area contributed by atoms with E-state index in [4.69, 9.17) is 15.3 Å². The van der Waals surface area contributed by atoms with Gasteiger partial charge in [-0.05, 0) is 24.3 Å². The summed E-state index contributed by atoms with van der Waals surface area (Å²) < 4.78 is 27.7. The van der Waals surface area contributed by atoms with Crippen molar-refractivity contribution in [3.05, 3.63) is 42.4 Å². The molecule has 0 aliphatic carbocycles. The fourth-order valence-corrected chi connectivity index (χ4v) is 2.31. The van der Waals surface area contributed by atoms with Gasteiger partial charge in [0.2, 0.25) is 10.0 Å². The van der Waals surface area contributed by atoms with Gasteiger partial charge in [-0.2, -0.15) is 0 Å². The second-order valence-electron chi connectivity index (χ2n) is 4.25. The molecule has 0 atom stereocenters. The normalized spacial score (nSPS) is 11.5. The van der Waals surface area contributed by atoms with Gasteiger partial charge in [0.05, 0.1) is 28.8 Å². The lowest BCUT2D eigenvalue weighted by Crippen LogP contribution is -2.19. The number of hydrogen-bond donors (Lipinski definition) is 2. The Bertz CT molecular complexity index is 666. The number of nitrogen functional groups attached to an aromatic ring is 1. The first-order valence-corrected chi connectivity index (χ1v) is 7.07. The lowest BCUT2D eigenvalue weighted by molar-refractivity contribution is 0.563. The molecule has 7 heteroatoms. The topological polar surface area (TPSA) is 103 Å². The van der Waals surface area contributed by atoms with Gasteiger partial charge in [-0.25, -0.2) is 13.6 Å². The van der Waals surface area contributed by atoms with Gasteiger partial charge in [-0.3, -0.25) is 0 Å². The number of anilines is 2. The number of hydrogen-bond acceptors (Lipinski definition) is 5. The smallest absolute Gasteiger partial charge is 0.238 e. The summed E-state index contributed by atoms with van der Waals surface area (Å²) >= 11 is 0. The summed E-state index contributed by atoms with van der Waals surface area (Å²) in [6.45, 7) is 0.550. The Hall–Kier alpha value is -1.99. The van der Waals surface area contributed by atoms with Crippen molar-refractivity contribution < 1.29 is 12.8 Å². The molecule has 0 fully saturated rings. The summed E-state index contributed by atoms with van der Waals surface area (Å²) in [5, 5.41) is 5.11. The molecule has 0 saturated carbocycles. The van der Waals surface area contributed by atoms with Crippen LogP contribution in [-0.4, -0.2) is 15.5 Å². The largest absolute Gasteiger partial charge is 0.472 e. The molecule has 2 aromatic rings. The number of nitrogens with zero attached hydrogens (tertiary/aromatic N) is 1. The molecular weight excluding hydrogens is 266 g/mol. The number of furan rings is 1. The third-order valence-electron chi connectivity index (χ3n) is 2.74. The highest BCUT2D eigenvalue weighted by molar-refractivity contribution is 7.89. The van der Waals surface area contributed by atoms with Crippen molar-refractivity contribution >= 4 is 21.4 Å². The number of rotatable bonds is 4. The van der Waals surface area contributed by atoms with E-state index in [1.165, 1.54) is 18.2 Å². The van der Waals surface area contributed by atoms with Gasteiger partial charge in [0.15, 0.2) is 0 Å². The fraction of sp³-hybridized carbons (Fsp3) is 0.167.